The zero-order chi connectivity index (χ0) is 25.7. The fourth-order valence-corrected chi connectivity index (χ4v) is 5.93. The molecule has 7 nitrogen and oxygen atoms in total. The van der Waals surface area contributed by atoms with Crippen LogP contribution in [0.4, 0.5) is 10.8 Å². The number of thiazole rings is 1. The number of rotatable bonds is 9. The molecule has 36 heavy (non-hydrogen) atoms. The van der Waals surface area contributed by atoms with Gasteiger partial charge in [-0.1, -0.05) is 45.1 Å². The topological polar surface area (TPSA) is 97.1 Å². The van der Waals surface area contributed by atoms with Crippen LogP contribution in [0.1, 0.15) is 68.5 Å². The van der Waals surface area contributed by atoms with E-state index in [0.29, 0.717) is 17.0 Å². The van der Waals surface area contributed by atoms with E-state index in [2.05, 4.69) is 48.0 Å². The number of aromatic nitrogens is 2. The number of carbonyl (C=O) groups is 2. The molecule has 1 amide bonds. The number of oxazole rings is 1. The molecule has 1 unspecified atom stereocenters. The third-order valence-electron chi connectivity index (χ3n) is 6.11. The van der Waals surface area contributed by atoms with E-state index < -0.39 is 0 Å². The Morgan fingerprint density at radius 3 is 2.67 bits per heavy atom. The van der Waals surface area contributed by atoms with Crippen LogP contribution in [0.15, 0.2) is 57.9 Å². The van der Waals surface area contributed by atoms with Crippen molar-refractivity contribution in [1.82, 2.24) is 9.97 Å². The molecule has 1 saturated carbocycles. The Balaban J connectivity index is 1.29. The smallest absolute Gasteiger partial charge is 0.247 e. The molecular weight excluding hydrogens is 492 g/mol. The lowest BCUT2D eigenvalue weighted by Crippen LogP contribution is -2.31. The van der Waals surface area contributed by atoms with Gasteiger partial charge in [0.25, 0.3) is 0 Å². The highest BCUT2D eigenvalue weighted by molar-refractivity contribution is 8.00. The summed E-state index contributed by atoms with van der Waals surface area (Å²) in [6.07, 6.45) is 8.59. The minimum Gasteiger partial charge on any atom is -0.444 e. The van der Waals surface area contributed by atoms with E-state index in [9.17, 15) is 9.59 Å². The second kappa shape index (κ2) is 11.4. The summed E-state index contributed by atoms with van der Waals surface area (Å²) in [4.78, 5) is 33.5. The molecular formula is C27H32N4O3S2. The Hall–Kier alpha value is -2.91. The van der Waals surface area contributed by atoms with Crippen LogP contribution in [0.3, 0.4) is 0 Å². The summed E-state index contributed by atoms with van der Waals surface area (Å²) >= 11 is 3.28. The monoisotopic (exact) mass is 524 g/mol. The Kier molecular flexibility index (Phi) is 8.31. The van der Waals surface area contributed by atoms with Crippen LogP contribution in [0.5, 0.6) is 0 Å². The number of nitrogens with zero attached hydrogens (tertiary/aromatic N) is 2. The van der Waals surface area contributed by atoms with Gasteiger partial charge in [-0.05, 0) is 49.6 Å². The van der Waals surface area contributed by atoms with Gasteiger partial charge in [-0.15, -0.1) is 11.8 Å². The van der Waals surface area contributed by atoms with Gasteiger partial charge in [0.15, 0.2) is 10.9 Å². The molecule has 0 aliphatic heterocycles. The van der Waals surface area contributed by atoms with Crippen molar-refractivity contribution in [3.05, 3.63) is 66.5 Å². The first-order chi connectivity index (χ1) is 17.2. The highest BCUT2D eigenvalue weighted by atomic mass is 32.2. The minimum absolute atomic E-state index is 0.0271. The number of hydrogen-bond donors (Lipinski definition) is 2. The number of nitrogens with one attached hydrogen (secondary N) is 2. The molecule has 2 aromatic heterocycles. The highest BCUT2D eigenvalue weighted by Gasteiger charge is 2.28. The van der Waals surface area contributed by atoms with Gasteiger partial charge < -0.3 is 15.1 Å². The Labute approximate surface area is 220 Å². The van der Waals surface area contributed by atoms with Gasteiger partial charge in [-0.3, -0.25) is 9.59 Å². The lowest BCUT2D eigenvalue weighted by molar-refractivity contribution is -0.111. The lowest BCUT2D eigenvalue weighted by Gasteiger charge is -2.28. The summed E-state index contributed by atoms with van der Waals surface area (Å²) in [6, 6.07) is 7.28. The van der Waals surface area contributed by atoms with Crippen molar-refractivity contribution in [3.8, 4) is 0 Å². The van der Waals surface area contributed by atoms with Crippen molar-refractivity contribution < 1.29 is 14.0 Å². The van der Waals surface area contributed by atoms with E-state index in [0.717, 1.165) is 46.7 Å². The van der Waals surface area contributed by atoms with E-state index in [4.69, 9.17) is 4.42 Å². The third kappa shape index (κ3) is 6.85. The number of Topliss-reactive ketones (excluding diaryl/α,β-unsaturated/α-hetero) is 1. The molecule has 0 radical (unpaired) electrons. The average Bonchev–Trinajstić information content (AvgIpc) is 3.52. The summed E-state index contributed by atoms with van der Waals surface area (Å²) in [5.41, 5.74) is 1.27. The molecule has 190 valence electrons. The molecule has 2 heterocycles. The van der Waals surface area contributed by atoms with Crippen molar-refractivity contribution in [2.45, 2.75) is 67.9 Å². The molecule has 9 heteroatoms. The second-order valence-corrected chi connectivity index (χ2v) is 12.3. The quantitative estimate of drug-likeness (QED) is 0.183. The molecule has 0 spiro atoms. The largest absolute Gasteiger partial charge is 0.444 e. The van der Waals surface area contributed by atoms with Crippen LogP contribution in [-0.2, 0) is 16.0 Å². The number of ketones is 1. The average molecular weight is 525 g/mol. The van der Waals surface area contributed by atoms with Gasteiger partial charge in [0.1, 0.15) is 5.76 Å². The summed E-state index contributed by atoms with van der Waals surface area (Å²) in [5, 5.41) is 7.12. The van der Waals surface area contributed by atoms with Gasteiger partial charge in [0, 0.05) is 28.6 Å². The SMILES string of the molecule is C=CC(=O)Nc1ccc(C(=O)C2CCC[C@@H](Nc3ncc(SCc4ncc(C(C)(C)C)o4)s3)C2)cc1. The normalized spacial score (nSPS) is 18.0. The van der Waals surface area contributed by atoms with E-state index in [1.807, 2.05) is 12.4 Å². The van der Waals surface area contributed by atoms with Crippen LogP contribution in [0.25, 0.3) is 0 Å². The molecule has 4 rings (SSSR count). The predicted octanol–water partition coefficient (Wildman–Crippen LogP) is 6.70. The first-order valence-electron chi connectivity index (χ1n) is 12.1. The molecule has 1 aromatic carbocycles. The van der Waals surface area contributed by atoms with Crippen molar-refractivity contribution in [3.63, 3.8) is 0 Å². The maximum Gasteiger partial charge on any atom is 0.247 e. The van der Waals surface area contributed by atoms with Crippen molar-refractivity contribution >= 4 is 45.6 Å². The van der Waals surface area contributed by atoms with E-state index in [1.54, 1.807) is 47.4 Å². The highest BCUT2D eigenvalue weighted by Crippen LogP contribution is 2.34. The third-order valence-corrected chi connectivity index (χ3v) is 8.22. The second-order valence-electron chi connectivity index (χ2n) is 9.98. The van der Waals surface area contributed by atoms with Gasteiger partial charge in [-0.2, -0.15) is 0 Å². The molecule has 0 bridgehead atoms. The Morgan fingerprint density at radius 1 is 1.19 bits per heavy atom. The summed E-state index contributed by atoms with van der Waals surface area (Å²) in [6.45, 7) is 9.77. The minimum atomic E-state index is -0.272. The van der Waals surface area contributed by atoms with Gasteiger partial charge in [0.05, 0.1) is 22.4 Å². The van der Waals surface area contributed by atoms with Crippen LogP contribution < -0.4 is 10.6 Å². The maximum absolute atomic E-state index is 13.1. The fraction of sp³-hybridized carbons (Fsp3) is 0.407. The van der Waals surface area contributed by atoms with Gasteiger partial charge >= 0.3 is 0 Å². The molecule has 1 fully saturated rings. The van der Waals surface area contributed by atoms with E-state index >= 15 is 0 Å². The lowest BCUT2D eigenvalue weighted by atomic mass is 9.81. The molecule has 0 saturated heterocycles. The number of benzene rings is 1. The number of amides is 1. The van der Waals surface area contributed by atoms with Gasteiger partial charge in [-0.25, -0.2) is 9.97 Å². The first-order valence-corrected chi connectivity index (χ1v) is 13.9. The number of carbonyl (C=O) groups excluding carboxylic acids is 2. The van der Waals surface area contributed by atoms with Crippen LogP contribution >= 0.6 is 23.1 Å². The van der Waals surface area contributed by atoms with Crippen LogP contribution in [0.2, 0.25) is 0 Å². The predicted molar refractivity (Wildman–Crippen MR) is 146 cm³/mol. The maximum atomic E-state index is 13.1. The number of thioether (sulfide) groups is 1. The van der Waals surface area contributed by atoms with Gasteiger partial charge in [0.2, 0.25) is 11.8 Å². The number of hydrogen-bond acceptors (Lipinski definition) is 8. The summed E-state index contributed by atoms with van der Waals surface area (Å²) < 4.78 is 6.98. The van der Waals surface area contributed by atoms with Crippen LogP contribution in [-0.4, -0.2) is 27.7 Å². The van der Waals surface area contributed by atoms with E-state index in [1.165, 1.54) is 6.08 Å². The van der Waals surface area contributed by atoms with E-state index in [-0.39, 0.29) is 29.1 Å². The summed E-state index contributed by atoms with van der Waals surface area (Å²) in [5.74, 6) is 2.12. The molecule has 2 atom stereocenters. The molecule has 1 aliphatic rings. The van der Waals surface area contributed by atoms with Crippen molar-refractivity contribution in [2.75, 3.05) is 10.6 Å². The zero-order valence-corrected chi connectivity index (χ0v) is 22.5. The fourth-order valence-electron chi connectivity index (χ4n) is 4.13. The molecule has 2 N–H and O–H groups in total. The molecule has 1 aliphatic carbocycles. The first kappa shape index (κ1) is 26.2. The summed E-state index contributed by atoms with van der Waals surface area (Å²) in [7, 11) is 0. The number of anilines is 2. The zero-order valence-electron chi connectivity index (χ0n) is 20.9. The van der Waals surface area contributed by atoms with Crippen molar-refractivity contribution in [1.29, 1.82) is 0 Å². The molecule has 3 aromatic rings. The van der Waals surface area contributed by atoms with Crippen LogP contribution in [0, 0.1) is 5.92 Å². The Bertz CT molecular complexity index is 1210. The Morgan fingerprint density at radius 2 is 1.97 bits per heavy atom. The standard InChI is InChI=1S/C27H32N4O3S2/c1-5-22(32)30-19-11-9-17(10-12-19)25(33)18-7-6-8-20(13-18)31-26-29-15-24(36-26)35-16-23-28-14-21(34-23)27(2,3)4/h5,9-12,14-15,18,20H,1,6-8,13,16H2,2-4H3,(H,29,31)(H,30,32)/t18?,20-/m1/s1. The van der Waals surface area contributed by atoms with Crippen molar-refractivity contribution in [2.24, 2.45) is 5.92 Å².